The molecule has 1 aromatic carbocycles. The Morgan fingerprint density at radius 3 is 2.85 bits per heavy atom. The second-order valence-electron chi connectivity index (χ2n) is 6.63. The van der Waals surface area contributed by atoms with E-state index in [2.05, 4.69) is 25.2 Å². The lowest BCUT2D eigenvalue weighted by molar-refractivity contribution is -0.125. The predicted octanol–water partition coefficient (Wildman–Crippen LogP) is 1.90. The lowest BCUT2D eigenvalue weighted by atomic mass is 9.97. The van der Waals surface area contributed by atoms with Crippen LogP contribution >= 0.6 is 0 Å². The topological polar surface area (TPSA) is 75.9 Å². The summed E-state index contributed by atoms with van der Waals surface area (Å²) in [5, 5.41) is 3.05. The SMILES string of the molecule is Cn1c(CNC(=O)[C@@H]2CCCN(c3ncccn3)C2)nc2ccccc21. The molecule has 0 aliphatic carbocycles. The number of carbonyl (C=O) groups is 1. The maximum absolute atomic E-state index is 12.7. The van der Waals surface area contributed by atoms with Crippen LogP contribution < -0.4 is 10.2 Å². The first kappa shape index (κ1) is 16.5. The number of aromatic nitrogens is 4. The average Bonchev–Trinajstić information content (AvgIpc) is 3.03. The van der Waals surface area contributed by atoms with Gasteiger partial charge in [0, 0.05) is 32.5 Å². The van der Waals surface area contributed by atoms with E-state index < -0.39 is 0 Å². The first-order chi connectivity index (χ1) is 12.7. The Kier molecular flexibility index (Phi) is 4.51. The van der Waals surface area contributed by atoms with Gasteiger partial charge in [-0.25, -0.2) is 15.0 Å². The first-order valence-electron chi connectivity index (χ1n) is 8.92. The van der Waals surface area contributed by atoms with Gasteiger partial charge < -0.3 is 14.8 Å². The van der Waals surface area contributed by atoms with Crippen LogP contribution in [0.1, 0.15) is 18.7 Å². The summed E-state index contributed by atoms with van der Waals surface area (Å²) >= 11 is 0. The number of hydrogen-bond acceptors (Lipinski definition) is 5. The summed E-state index contributed by atoms with van der Waals surface area (Å²) in [6.45, 7) is 1.97. The van der Waals surface area contributed by atoms with Gasteiger partial charge in [-0.3, -0.25) is 4.79 Å². The number of aryl methyl sites for hydroxylation is 1. The minimum absolute atomic E-state index is 0.0535. The molecule has 0 bridgehead atoms. The van der Waals surface area contributed by atoms with E-state index in [1.165, 1.54) is 0 Å². The van der Waals surface area contributed by atoms with E-state index in [1.807, 2.05) is 35.9 Å². The molecule has 1 aliphatic rings. The van der Waals surface area contributed by atoms with E-state index in [9.17, 15) is 4.79 Å². The number of anilines is 1. The van der Waals surface area contributed by atoms with Gasteiger partial charge in [-0.15, -0.1) is 0 Å². The Bertz CT molecular complexity index is 907. The number of hydrogen-bond donors (Lipinski definition) is 1. The van der Waals surface area contributed by atoms with Gasteiger partial charge in [0.05, 0.1) is 23.5 Å². The molecule has 3 heterocycles. The smallest absolute Gasteiger partial charge is 0.225 e. The van der Waals surface area contributed by atoms with Crippen LogP contribution in [-0.2, 0) is 18.4 Å². The Balaban J connectivity index is 1.40. The van der Waals surface area contributed by atoms with Crippen molar-refractivity contribution in [2.75, 3.05) is 18.0 Å². The molecule has 7 heteroatoms. The van der Waals surface area contributed by atoms with Crippen LogP contribution in [0.5, 0.6) is 0 Å². The third-order valence-electron chi connectivity index (χ3n) is 4.93. The van der Waals surface area contributed by atoms with Crippen molar-refractivity contribution in [1.82, 2.24) is 24.8 Å². The molecular weight excluding hydrogens is 328 g/mol. The van der Waals surface area contributed by atoms with Gasteiger partial charge in [-0.05, 0) is 31.0 Å². The van der Waals surface area contributed by atoms with Crippen molar-refractivity contribution in [2.45, 2.75) is 19.4 Å². The van der Waals surface area contributed by atoms with E-state index in [4.69, 9.17) is 0 Å². The zero-order valence-corrected chi connectivity index (χ0v) is 14.8. The largest absolute Gasteiger partial charge is 0.349 e. The minimum Gasteiger partial charge on any atom is -0.349 e. The molecule has 1 N–H and O–H groups in total. The van der Waals surface area contributed by atoms with Crippen LogP contribution in [0.2, 0.25) is 0 Å². The lowest BCUT2D eigenvalue weighted by Crippen LogP contribution is -2.43. The number of piperidine rings is 1. The third-order valence-corrected chi connectivity index (χ3v) is 4.93. The monoisotopic (exact) mass is 350 g/mol. The van der Waals surface area contributed by atoms with E-state index in [0.29, 0.717) is 19.0 Å². The number of carbonyl (C=O) groups excluding carboxylic acids is 1. The van der Waals surface area contributed by atoms with E-state index in [0.717, 1.165) is 36.2 Å². The maximum atomic E-state index is 12.7. The number of imidazole rings is 1. The van der Waals surface area contributed by atoms with E-state index in [-0.39, 0.29) is 11.8 Å². The number of fused-ring (bicyclic) bond motifs is 1. The summed E-state index contributed by atoms with van der Waals surface area (Å²) in [4.78, 5) is 27.9. The Morgan fingerprint density at radius 1 is 1.23 bits per heavy atom. The van der Waals surface area contributed by atoms with E-state index >= 15 is 0 Å². The Hall–Kier alpha value is -2.96. The van der Waals surface area contributed by atoms with Crippen LogP contribution in [0.25, 0.3) is 11.0 Å². The first-order valence-corrected chi connectivity index (χ1v) is 8.92. The number of nitrogens with zero attached hydrogens (tertiary/aromatic N) is 5. The fourth-order valence-corrected chi connectivity index (χ4v) is 3.49. The molecule has 0 unspecified atom stereocenters. The molecule has 1 amide bonds. The maximum Gasteiger partial charge on any atom is 0.225 e. The predicted molar refractivity (Wildman–Crippen MR) is 99.5 cm³/mol. The molecule has 2 aromatic heterocycles. The number of benzene rings is 1. The molecule has 0 radical (unpaired) electrons. The highest BCUT2D eigenvalue weighted by Gasteiger charge is 2.27. The fraction of sp³-hybridized carbons (Fsp3) is 0.368. The quantitative estimate of drug-likeness (QED) is 0.778. The van der Waals surface area contributed by atoms with Crippen LogP contribution in [0, 0.1) is 5.92 Å². The Morgan fingerprint density at radius 2 is 2.04 bits per heavy atom. The highest BCUT2D eigenvalue weighted by molar-refractivity contribution is 5.80. The van der Waals surface area contributed by atoms with Gasteiger partial charge in [-0.1, -0.05) is 12.1 Å². The normalized spacial score (nSPS) is 17.4. The molecular formula is C19H22N6O. The van der Waals surface area contributed by atoms with Crippen molar-refractivity contribution < 1.29 is 4.79 Å². The van der Waals surface area contributed by atoms with Crippen molar-refractivity contribution in [1.29, 1.82) is 0 Å². The average molecular weight is 350 g/mol. The second-order valence-corrected chi connectivity index (χ2v) is 6.63. The standard InChI is InChI=1S/C19H22N6O/c1-24-16-8-3-2-7-15(16)23-17(24)12-22-18(26)14-6-4-11-25(13-14)19-20-9-5-10-21-19/h2-3,5,7-10,14H,4,6,11-13H2,1H3,(H,22,26)/t14-/m1/s1. The molecule has 1 fully saturated rings. The van der Waals surface area contributed by atoms with Crippen molar-refractivity contribution in [3.8, 4) is 0 Å². The fourth-order valence-electron chi connectivity index (χ4n) is 3.49. The molecule has 1 atom stereocenters. The molecule has 3 aromatic rings. The summed E-state index contributed by atoms with van der Waals surface area (Å²) in [5.41, 5.74) is 2.02. The zero-order valence-electron chi connectivity index (χ0n) is 14.8. The zero-order chi connectivity index (χ0) is 17.9. The molecule has 26 heavy (non-hydrogen) atoms. The van der Waals surface area contributed by atoms with Crippen LogP contribution in [-0.4, -0.2) is 38.5 Å². The summed E-state index contributed by atoms with van der Waals surface area (Å²) in [6, 6.07) is 9.79. The molecule has 1 saturated heterocycles. The van der Waals surface area contributed by atoms with Crippen molar-refractivity contribution in [3.05, 3.63) is 48.5 Å². The van der Waals surface area contributed by atoms with E-state index in [1.54, 1.807) is 18.5 Å². The second kappa shape index (κ2) is 7.11. The van der Waals surface area contributed by atoms with Crippen LogP contribution in [0.4, 0.5) is 5.95 Å². The van der Waals surface area contributed by atoms with Gasteiger partial charge in [0.25, 0.3) is 0 Å². The number of para-hydroxylation sites is 2. The number of rotatable bonds is 4. The molecule has 1 aliphatic heterocycles. The lowest BCUT2D eigenvalue weighted by Gasteiger charge is -2.31. The van der Waals surface area contributed by atoms with Gasteiger partial charge >= 0.3 is 0 Å². The van der Waals surface area contributed by atoms with Crippen molar-refractivity contribution in [2.24, 2.45) is 13.0 Å². The number of nitrogens with one attached hydrogen (secondary N) is 1. The summed E-state index contributed by atoms with van der Waals surface area (Å²) in [6.07, 6.45) is 5.32. The van der Waals surface area contributed by atoms with Gasteiger partial charge in [-0.2, -0.15) is 0 Å². The number of amides is 1. The van der Waals surface area contributed by atoms with Gasteiger partial charge in [0.15, 0.2) is 0 Å². The summed E-state index contributed by atoms with van der Waals surface area (Å²) in [7, 11) is 1.98. The molecule has 134 valence electrons. The van der Waals surface area contributed by atoms with Crippen molar-refractivity contribution in [3.63, 3.8) is 0 Å². The summed E-state index contributed by atoms with van der Waals surface area (Å²) in [5.74, 6) is 1.57. The minimum atomic E-state index is -0.0535. The van der Waals surface area contributed by atoms with Gasteiger partial charge in [0.2, 0.25) is 11.9 Å². The molecule has 4 rings (SSSR count). The Labute approximate surface area is 152 Å². The van der Waals surface area contributed by atoms with Crippen LogP contribution in [0.3, 0.4) is 0 Å². The third kappa shape index (κ3) is 3.24. The highest BCUT2D eigenvalue weighted by Crippen LogP contribution is 2.20. The molecule has 0 spiro atoms. The van der Waals surface area contributed by atoms with Crippen LogP contribution in [0.15, 0.2) is 42.7 Å². The highest BCUT2D eigenvalue weighted by atomic mass is 16.1. The molecule has 7 nitrogen and oxygen atoms in total. The summed E-state index contributed by atoms with van der Waals surface area (Å²) < 4.78 is 2.03. The molecule has 0 saturated carbocycles. The van der Waals surface area contributed by atoms with Crippen molar-refractivity contribution >= 4 is 22.9 Å². The van der Waals surface area contributed by atoms with Gasteiger partial charge in [0.1, 0.15) is 5.82 Å².